The Hall–Kier alpha value is -0.630. The third-order valence-electron chi connectivity index (χ3n) is 3.11. The summed E-state index contributed by atoms with van der Waals surface area (Å²) in [5.41, 5.74) is 6.14. The molecule has 1 aromatic carbocycles. The second kappa shape index (κ2) is 6.43. The van der Waals surface area contributed by atoms with Gasteiger partial charge in [0.1, 0.15) is 0 Å². The number of amides is 1. The van der Waals surface area contributed by atoms with Crippen molar-refractivity contribution in [1.82, 2.24) is 4.90 Å². The van der Waals surface area contributed by atoms with E-state index >= 15 is 0 Å². The molecule has 0 radical (unpaired) electrons. The highest BCUT2D eigenvalue weighted by atomic mass is 79.9. The maximum Gasteiger partial charge on any atom is 0.255 e. The lowest BCUT2D eigenvalue weighted by molar-refractivity contribution is 0.0789. The smallest absolute Gasteiger partial charge is 0.255 e. The molecule has 1 amide bonds. The first kappa shape index (κ1) is 17.4. The molecular formula is C12H16BrClN2O3S. The van der Waals surface area contributed by atoms with Crippen molar-refractivity contribution in [2.24, 2.45) is 5.73 Å². The van der Waals surface area contributed by atoms with Crippen molar-refractivity contribution in [2.75, 3.05) is 19.3 Å². The summed E-state index contributed by atoms with van der Waals surface area (Å²) in [5.74, 6) is -0.190. The van der Waals surface area contributed by atoms with Crippen LogP contribution in [0.1, 0.15) is 16.8 Å². The number of hydrogen-bond donors (Lipinski definition) is 1. The summed E-state index contributed by atoms with van der Waals surface area (Å²) in [5, 5.41) is 0. The molecule has 1 aromatic rings. The first-order chi connectivity index (χ1) is 8.79. The summed E-state index contributed by atoms with van der Waals surface area (Å²) in [7, 11) is -3.33. The molecule has 0 unspecified atom stereocenters. The van der Waals surface area contributed by atoms with E-state index in [4.69, 9.17) is 5.73 Å². The van der Waals surface area contributed by atoms with E-state index in [0.717, 1.165) is 12.7 Å². The summed E-state index contributed by atoms with van der Waals surface area (Å²) in [6, 6.07) is 4.47. The van der Waals surface area contributed by atoms with Crippen molar-refractivity contribution < 1.29 is 13.2 Å². The van der Waals surface area contributed by atoms with Gasteiger partial charge in [0.05, 0.1) is 10.5 Å². The van der Waals surface area contributed by atoms with Gasteiger partial charge in [0.2, 0.25) is 0 Å². The fourth-order valence-electron chi connectivity index (χ4n) is 2.04. The van der Waals surface area contributed by atoms with Crippen LogP contribution in [0.4, 0.5) is 0 Å². The average molecular weight is 384 g/mol. The lowest BCUT2D eigenvalue weighted by atomic mass is 10.2. The predicted octanol–water partition coefficient (Wildman–Crippen LogP) is 1.45. The van der Waals surface area contributed by atoms with Gasteiger partial charge in [0.15, 0.2) is 9.84 Å². The molecule has 1 saturated heterocycles. The lowest BCUT2D eigenvalue weighted by Crippen LogP contribution is -2.32. The Morgan fingerprint density at radius 3 is 2.60 bits per heavy atom. The summed E-state index contributed by atoms with van der Waals surface area (Å²) in [6.45, 7) is 1.11. The van der Waals surface area contributed by atoms with Crippen LogP contribution in [0.25, 0.3) is 0 Å². The molecule has 5 nitrogen and oxygen atoms in total. The number of rotatable bonds is 2. The first-order valence-corrected chi connectivity index (χ1v) is 8.52. The van der Waals surface area contributed by atoms with Crippen LogP contribution in [0, 0.1) is 0 Å². The van der Waals surface area contributed by atoms with Gasteiger partial charge < -0.3 is 10.6 Å². The first-order valence-electron chi connectivity index (χ1n) is 5.83. The molecule has 0 aliphatic carbocycles. The fraction of sp³-hybridized carbons (Fsp3) is 0.417. The molecule has 112 valence electrons. The monoisotopic (exact) mass is 382 g/mol. The Morgan fingerprint density at radius 1 is 1.45 bits per heavy atom. The molecular weight excluding hydrogens is 368 g/mol. The molecule has 1 aliphatic rings. The van der Waals surface area contributed by atoms with Crippen molar-refractivity contribution >= 4 is 44.1 Å². The van der Waals surface area contributed by atoms with Crippen LogP contribution in [-0.2, 0) is 9.84 Å². The standard InChI is InChI=1S/C12H15BrN2O3S.ClH/c1-19(17,18)9-2-3-11(13)10(6-9)12(16)15-5-4-8(14)7-15;/h2-3,6,8H,4-5,7,14H2,1H3;1H/t8-;/m1./s1. The summed E-state index contributed by atoms with van der Waals surface area (Å²) < 4.78 is 23.7. The minimum Gasteiger partial charge on any atom is -0.337 e. The van der Waals surface area contributed by atoms with Gasteiger partial charge in [-0.3, -0.25) is 4.79 Å². The number of nitrogens with two attached hydrogens (primary N) is 1. The van der Waals surface area contributed by atoms with Crippen LogP contribution >= 0.6 is 28.3 Å². The minimum absolute atomic E-state index is 0. The molecule has 8 heteroatoms. The number of carbonyl (C=O) groups is 1. The van der Waals surface area contributed by atoms with Crippen LogP contribution < -0.4 is 5.73 Å². The molecule has 1 heterocycles. The number of hydrogen-bond acceptors (Lipinski definition) is 4. The Balaban J connectivity index is 0.00000200. The van der Waals surface area contributed by atoms with Gasteiger partial charge in [0.25, 0.3) is 5.91 Å². The van der Waals surface area contributed by atoms with Crippen molar-refractivity contribution in [3.8, 4) is 0 Å². The van der Waals surface area contributed by atoms with E-state index in [2.05, 4.69) is 15.9 Å². The molecule has 1 aliphatic heterocycles. The fourth-order valence-corrected chi connectivity index (χ4v) is 3.10. The van der Waals surface area contributed by atoms with Gasteiger partial charge in [0, 0.05) is 29.9 Å². The van der Waals surface area contributed by atoms with Crippen LogP contribution in [0.3, 0.4) is 0 Å². The predicted molar refractivity (Wildman–Crippen MR) is 83.0 cm³/mol. The third-order valence-corrected chi connectivity index (χ3v) is 4.91. The molecule has 0 saturated carbocycles. The lowest BCUT2D eigenvalue weighted by Gasteiger charge is -2.17. The van der Waals surface area contributed by atoms with E-state index in [1.807, 2.05) is 0 Å². The van der Waals surface area contributed by atoms with Gasteiger partial charge in [-0.25, -0.2) is 8.42 Å². The van der Waals surface area contributed by atoms with Gasteiger partial charge in [-0.05, 0) is 40.5 Å². The number of likely N-dealkylation sites (tertiary alicyclic amines) is 1. The minimum atomic E-state index is -3.33. The van der Waals surface area contributed by atoms with Crippen molar-refractivity contribution in [3.63, 3.8) is 0 Å². The largest absolute Gasteiger partial charge is 0.337 e. The van der Waals surface area contributed by atoms with E-state index < -0.39 is 9.84 Å². The molecule has 2 N–H and O–H groups in total. The molecule has 0 aromatic heterocycles. The Kier molecular flexibility index (Phi) is 5.60. The van der Waals surface area contributed by atoms with Gasteiger partial charge in [-0.15, -0.1) is 12.4 Å². The SMILES string of the molecule is CS(=O)(=O)c1ccc(Br)c(C(=O)N2CC[C@@H](N)C2)c1.Cl. The van der Waals surface area contributed by atoms with Crippen molar-refractivity contribution in [3.05, 3.63) is 28.2 Å². The van der Waals surface area contributed by atoms with E-state index in [9.17, 15) is 13.2 Å². The van der Waals surface area contributed by atoms with E-state index in [0.29, 0.717) is 23.1 Å². The summed E-state index contributed by atoms with van der Waals surface area (Å²) >= 11 is 3.29. The summed E-state index contributed by atoms with van der Waals surface area (Å²) in [4.78, 5) is 14.1. The average Bonchev–Trinajstić information content (AvgIpc) is 2.74. The second-order valence-corrected chi connectivity index (χ2v) is 7.58. The van der Waals surface area contributed by atoms with Gasteiger partial charge in [-0.2, -0.15) is 0 Å². The molecule has 20 heavy (non-hydrogen) atoms. The summed E-state index contributed by atoms with van der Waals surface area (Å²) in [6.07, 6.45) is 1.89. The van der Waals surface area contributed by atoms with Crippen molar-refractivity contribution in [1.29, 1.82) is 0 Å². The molecule has 0 spiro atoms. The number of sulfone groups is 1. The molecule has 1 atom stereocenters. The zero-order chi connectivity index (χ0) is 14.2. The van der Waals surface area contributed by atoms with E-state index in [1.54, 1.807) is 11.0 Å². The Morgan fingerprint density at radius 2 is 2.10 bits per heavy atom. The Labute approximate surface area is 133 Å². The number of carbonyl (C=O) groups excluding carboxylic acids is 1. The molecule has 1 fully saturated rings. The number of halogens is 2. The maximum atomic E-state index is 12.3. The highest BCUT2D eigenvalue weighted by Gasteiger charge is 2.26. The third kappa shape index (κ3) is 3.72. The molecule has 2 rings (SSSR count). The van der Waals surface area contributed by atoms with Crippen molar-refractivity contribution in [2.45, 2.75) is 17.4 Å². The van der Waals surface area contributed by atoms with Crippen LogP contribution in [0.2, 0.25) is 0 Å². The normalized spacial score (nSPS) is 18.8. The second-order valence-electron chi connectivity index (χ2n) is 4.71. The van der Waals surface area contributed by atoms with Gasteiger partial charge >= 0.3 is 0 Å². The maximum absolute atomic E-state index is 12.3. The van der Waals surface area contributed by atoms with E-state index in [-0.39, 0.29) is 29.3 Å². The topological polar surface area (TPSA) is 80.5 Å². The highest BCUT2D eigenvalue weighted by Crippen LogP contribution is 2.24. The number of benzene rings is 1. The van der Waals surface area contributed by atoms with E-state index in [1.165, 1.54) is 12.1 Å². The molecule has 0 bridgehead atoms. The van der Waals surface area contributed by atoms with Gasteiger partial charge in [-0.1, -0.05) is 0 Å². The van der Waals surface area contributed by atoms with Crippen LogP contribution in [0.15, 0.2) is 27.6 Å². The quantitative estimate of drug-likeness (QED) is 0.838. The zero-order valence-corrected chi connectivity index (χ0v) is 14.1. The van der Waals surface area contributed by atoms with Crippen LogP contribution in [0.5, 0.6) is 0 Å². The zero-order valence-electron chi connectivity index (χ0n) is 10.9. The van der Waals surface area contributed by atoms with Crippen LogP contribution in [-0.4, -0.2) is 44.6 Å². The highest BCUT2D eigenvalue weighted by molar-refractivity contribution is 9.10. The Bertz CT molecular complexity index is 621. The number of nitrogens with zero attached hydrogens (tertiary/aromatic N) is 1.